The lowest BCUT2D eigenvalue weighted by molar-refractivity contribution is -0.146. The molecule has 2 rings (SSSR count). The van der Waals surface area contributed by atoms with Crippen LogP contribution in [-0.4, -0.2) is 44.6 Å². The van der Waals surface area contributed by atoms with Crippen LogP contribution < -0.4 is 5.32 Å². The van der Waals surface area contributed by atoms with Crippen molar-refractivity contribution in [3.8, 4) is 0 Å². The molecule has 0 spiro atoms. The fourth-order valence-corrected chi connectivity index (χ4v) is 2.25. The summed E-state index contributed by atoms with van der Waals surface area (Å²) >= 11 is 0. The first-order valence-electron chi connectivity index (χ1n) is 6.53. The summed E-state index contributed by atoms with van der Waals surface area (Å²) in [5.41, 5.74) is 0. The van der Waals surface area contributed by atoms with Crippen molar-refractivity contribution in [3.63, 3.8) is 0 Å². The Balaban J connectivity index is 1.93. The van der Waals surface area contributed by atoms with E-state index in [-0.39, 0.29) is 6.04 Å². The Morgan fingerprint density at radius 1 is 1.32 bits per heavy atom. The fraction of sp³-hybridized carbons (Fsp3) is 0.667. The molecule has 19 heavy (non-hydrogen) atoms. The van der Waals surface area contributed by atoms with Crippen molar-refractivity contribution >= 4 is 11.8 Å². The van der Waals surface area contributed by atoms with Gasteiger partial charge in [-0.1, -0.05) is 0 Å². The number of amides is 2. The van der Waals surface area contributed by atoms with E-state index >= 15 is 0 Å². The van der Waals surface area contributed by atoms with E-state index in [4.69, 9.17) is 0 Å². The molecular weight excluding hydrogens is 246 g/mol. The summed E-state index contributed by atoms with van der Waals surface area (Å²) in [4.78, 5) is 25.5. The molecule has 1 atom stereocenters. The maximum Gasteiger partial charge on any atom is 0.311 e. The van der Waals surface area contributed by atoms with Crippen LogP contribution in [0.3, 0.4) is 0 Å². The van der Waals surface area contributed by atoms with Gasteiger partial charge in [0.05, 0.1) is 6.04 Å². The van der Waals surface area contributed by atoms with Crippen molar-refractivity contribution < 1.29 is 9.59 Å². The quantitative estimate of drug-likeness (QED) is 0.764. The van der Waals surface area contributed by atoms with E-state index in [1.807, 2.05) is 0 Å². The molecule has 2 amide bonds. The maximum atomic E-state index is 12.0. The van der Waals surface area contributed by atoms with Gasteiger partial charge in [-0.15, -0.1) is 10.2 Å². The minimum atomic E-state index is -0.572. The van der Waals surface area contributed by atoms with Gasteiger partial charge in [0.25, 0.3) is 0 Å². The highest BCUT2D eigenvalue weighted by Crippen LogP contribution is 2.10. The molecule has 1 aliphatic rings. The first-order valence-corrected chi connectivity index (χ1v) is 6.53. The molecule has 104 valence electrons. The van der Waals surface area contributed by atoms with Crippen molar-refractivity contribution in [1.29, 1.82) is 0 Å². The van der Waals surface area contributed by atoms with E-state index in [9.17, 15) is 9.59 Å². The van der Waals surface area contributed by atoms with Gasteiger partial charge < -0.3 is 14.8 Å². The Bertz CT molecular complexity index is 464. The molecule has 1 fully saturated rings. The second kappa shape index (κ2) is 5.81. The number of nitrogens with one attached hydrogen (secondary N) is 1. The van der Waals surface area contributed by atoms with Crippen LogP contribution in [0.4, 0.5) is 0 Å². The second-order valence-electron chi connectivity index (χ2n) is 4.85. The molecule has 1 N–H and O–H groups in total. The Morgan fingerprint density at radius 3 is 2.58 bits per heavy atom. The largest absolute Gasteiger partial charge is 0.338 e. The summed E-state index contributed by atoms with van der Waals surface area (Å²) in [6.07, 6.45) is 4.63. The number of carbonyl (C=O) groups is 2. The van der Waals surface area contributed by atoms with Gasteiger partial charge in [-0.05, 0) is 26.2 Å². The summed E-state index contributed by atoms with van der Waals surface area (Å²) in [5.74, 6) is -0.397. The van der Waals surface area contributed by atoms with E-state index in [2.05, 4.69) is 15.5 Å². The predicted octanol–water partition coefficient (Wildman–Crippen LogP) is 0.00480. The lowest BCUT2D eigenvalue weighted by atomic mass is 10.1. The molecule has 0 bridgehead atoms. The smallest absolute Gasteiger partial charge is 0.311 e. The van der Waals surface area contributed by atoms with Crippen molar-refractivity contribution in [2.45, 2.75) is 32.2 Å². The number of rotatable bonds is 2. The summed E-state index contributed by atoms with van der Waals surface area (Å²) in [6, 6.07) is -0.339. The summed E-state index contributed by atoms with van der Waals surface area (Å²) in [5, 5.41) is 10.3. The normalized spacial score (nSPS) is 17.1. The maximum absolute atomic E-state index is 12.0. The minimum absolute atomic E-state index is 0.339. The van der Waals surface area contributed by atoms with Gasteiger partial charge in [-0.25, -0.2) is 0 Å². The number of aromatic nitrogens is 3. The summed E-state index contributed by atoms with van der Waals surface area (Å²) in [6.45, 7) is 3.13. The average molecular weight is 265 g/mol. The van der Waals surface area contributed by atoms with E-state index in [0.717, 1.165) is 19.3 Å². The molecule has 0 saturated carbocycles. The van der Waals surface area contributed by atoms with Gasteiger partial charge in [0.2, 0.25) is 0 Å². The SMILES string of the molecule is C[C@H](NC(=O)C(=O)N1CCCCC1)c1nncn1C. The number of hydrogen-bond acceptors (Lipinski definition) is 4. The van der Waals surface area contributed by atoms with E-state index in [0.29, 0.717) is 18.9 Å². The van der Waals surface area contributed by atoms with Crippen LogP contribution in [0.15, 0.2) is 6.33 Å². The molecule has 2 heterocycles. The Morgan fingerprint density at radius 2 is 2.00 bits per heavy atom. The lowest BCUT2D eigenvalue weighted by Crippen LogP contribution is -2.46. The number of piperidine rings is 1. The third kappa shape index (κ3) is 3.10. The highest BCUT2D eigenvalue weighted by molar-refractivity contribution is 6.35. The van der Waals surface area contributed by atoms with Crippen molar-refractivity contribution in [2.24, 2.45) is 7.05 Å². The number of likely N-dealkylation sites (tertiary alicyclic amines) is 1. The molecule has 1 aromatic heterocycles. The zero-order valence-corrected chi connectivity index (χ0v) is 11.3. The Labute approximate surface area is 112 Å². The Hall–Kier alpha value is -1.92. The average Bonchev–Trinajstić information content (AvgIpc) is 2.85. The zero-order chi connectivity index (χ0) is 13.8. The van der Waals surface area contributed by atoms with Crippen LogP contribution in [0.1, 0.15) is 38.1 Å². The number of aryl methyl sites for hydroxylation is 1. The molecule has 0 aliphatic carbocycles. The number of hydrogen-bond donors (Lipinski definition) is 1. The van der Waals surface area contributed by atoms with Crippen molar-refractivity contribution in [3.05, 3.63) is 12.2 Å². The molecular formula is C12H19N5O2. The molecule has 0 radical (unpaired) electrons. The highest BCUT2D eigenvalue weighted by atomic mass is 16.2. The van der Waals surface area contributed by atoms with Crippen LogP contribution >= 0.6 is 0 Å². The molecule has 0 unspecified atom stereocenters. The van der Waals surface area contributed by atoms with Gasteiger partial charge in [0.1, 0.15) is 6.33 Å². The highest BCUT2D eigenvalue weighted by Gasteiger charge is 2.25. The lowest BCUT2D eigenvalue weighted by Gasteiger charge is -2.26. The molecule has 1 saturated heterocycles. The van der Waals surface area contributed by atoms with Gasteiger partial charge in [0.15, 0.2) is 5.82 Å². The van der Waals surface area contributed by atoms with Crippen LogP contribution in [0, 0.1) is 0 Å². The van der Waals surface area contributed by atoms with Gasteiger partial charge in [-0.3, -0.25) is 9.59 Å². The van der Waals surface area contributed by atoms with Crippen LogP contribution in [0.25, 0.3) is 0 Å². The van der Waals surface area contributed by atoms with E-state index in [1.54, 1.807) is 29.8 Å². The monoisotopic (exact) mass is 265 g/mol. The standard InChI is InChI=1S/C12H19N5O2/c1-9(10-15-13-8-16(10)2)14-11(18)12(19)17-6-4-3-5-7-17/h8-9H,3-7H2,1-2H3,(H,14,18)/t9-/m0/s1. The number of carbonyl (C=O) groups excluding carboxylic acids is 2. The van der Waals surface area contributed by atoms with Crippen LogP contribution in [-0.2, 0) is 16.6 Å². The van der Waals surface area contributed by atoms with E-state index < -0.39 is 11.8 Å². The molecule has 7 nitrogen and oxygen atoms in total. The van der Waals surface area contributed by atoms with Crippen LogP contribution in [0.5, 0.6) is 0 Å². The zero-order valence-electron chi connectivity index (χ0n) is 11.3. The van der Waals surface area contributed by atoms with Crippen LogP contribution in [0.2, 0.25) is 0 Å². The topological polar surface area (TPSA) is 80.1 Å². The van der Waals surface area contributed by atoms with Crippen molar-refractivity contribution in [1.82, 2.24) is 25.0 Å². The third-order valence-electron chi connectivity index (χ3n) is 3.32. The van der Waals surface area contributed by atoms with Gasteiger partial charge in [-0.2, -0.15) is 0 Å². The summed E-state index contributed by atoms with van der Waals surface area (Å²) in [7, 11) is 1.80. The minimum Gasteiger partial charge on any atom is -0.338 e. The van der Waals surface area contributed by atoms with E-state index in [1.165, 1.54) is 0 Å². The number of nitrogens with zero attached hydrogens (tertiary/aromatic N) is 4. The first-order chi connectivity index (χ1) is 9.09. The molecule has 1 aliphatic heterocycles. The fourth-order valence-electron chi connectivity index (χ4n) is 2.25. The van der Waals surface area contributed by atoms with Crippen molar-refractivity contribution in [2.75, 3.05) is 13.1 Å². The first kappa shape index (κ1) is 13.5. The Kier molecular flexibility index (Phi) is 4.13. The molecule has 1 aromatic rings. The predicted molar refractivity (Wildman–Crippen MR) is 68.0 cm³/mol. The van der Waals surface area contributed by atoms with Gasteiger partial charge in [0, 0.05) is 20.1 Å². The third-order valence-corrected chi connectivity index (χ3v) is 3.32. The van der Waals surface area contributed by atoms with Gasteiger partial charge >= 0.3 is 11.8 Å². The summed E-state index contributed by atoms with van der Waals surface area (Å²) < 4.78 is 1.72. The molecule has 0 aromatic carbocycles. The second-order valence-corrected chi connectivity index (χ2v) is 4.85. The molecule has 7 heteroatoms.